The van der Waals surface area contributed by atoms with Crippen molar-refractivity contribution < 1.29 is 9.84 Å². The number of ether oxygens (including phenoxy) is 1. The van der Waals surface area contributed by atoms with Crippen LogP contribution >= 0.6 is 27.3 Å². The minimum absolute atomic E-state index is 0.0657. The zero-order valence-electron chi connectivity index (χ0n) is 9.62. The first-order valence-corrected chi connectivity index (χ1v) is 7.16. The number of hydrogen-bond acceptors (Lipinski definition) is 3. The second kappa shape index (κ2) is 4.77. The van der Waals surface area contributed by atoms with Crippen LogP contribution in [0, 0.1) is 6.92 Å². The van der Waals surface area contributed by atoms with E-state index >= 15 is 0 Å². The monoisotopic (exact) mass is 304 g/mol. The first-order chi connectivity index (χ1) is 7.56. The van der Waals surface area contributed by atoms with Gasteiger partial charge in [0.2, 0.25) is 0 Å². The quantitative estimate of drug-likeness (QED) is 0.916. The Hall–Kier alpha value is 0.1000. The SMILES string of the molecule is COC1(CC(O)c2cc(Br)c(C)s2)CCC1. The van der Waals surface area contributed by atoms with Crippen LogP contribution in [0.2, 0.25) is 0 Å². The molecule has 2 nitrogen and oxygen atoms in total. The molecule has 0 bridgehead atoms. The van der Waals surface area contributed by atoms with Crippen molar-refractivity contribution in [1.82, 2.24) is 0 Å². The number of aryl methyl sites for hydroxylation is 1. The maximum Gasteiger partial charge on any atom is 0.0909 e. The fourth-order valence-corrected chi connectivity index (χ4v) is 3.71. The van der Waals surface area contributed by atoms with Crippen molar-refractivity contribution in [3.63, 3.8) is 0 Å². The van der Waals surface area contributed by atoms with E-state index < -0.39 is 6.10 Å². The third-order valence-electron chi connectivity index (χ3n) is 3.47. The smallest absolute Gasteiger partial charge is 0.0909 e. The summed E-state index contributed by atoms with van der Waals surface area (Å²) < 4.78 is 6.63. The fourth-order valence-electron chi connectivity index (χ4n) is 2.16. The van der Waals surface area contributed by atoms with Gasteiger partial charge in [-0.2, -0.15) is 0 Å². The van der Waals surface area contributed by atoms with Crippen molar-refractivity contribution in [3.05, 3.63) is 20.3 Å². The average molecular weight is 305 g/mol. The Bertz CT molecular complexity index is 346. The number of aliphatic hydroxyl groups excluding tert-OH is 1. The standard InChI is InChI=1S/C12H17BrO2S/c1-8-9(13)6-11(16-8)10(14)7-12(15-2)4-3-5-12/h6,10,14H,3-5,7H2,1-2H3. The van der Waals surface area contributed by atoms with E-state index in [0.717, 1.165) is 28.6 Å². The Balaban J connectivity index is 2.05. The molecule has 90 valence electrons. The topological polar surface area (TPSA) is 29.5 Å². The minimum atomic E-state index is -0.393. The molecule has 1 aliphatic rings. The molecular formula is C12H17BrO2S. The molecule has 2 rings (SSSR count). The summed E-state index contributed by atoms with van der Waals surface area (Å²) in [5.74, 6) is 0. The van der Waals surface area contributed by atoms with Crippen molar-refractivity contribution in [1.29, 1.82) is 0 Å². The number of thiophene rings is 1. The van der Waals surface area contributed by atoms with Crippen molar-refractivity contribution >= 4 is 27.3 Å². The van der Waals surface area contributed by atoms with Crippen molar-refractivity contribution in [2.75, 3.05) is 7.11 Å². The van der Waals surface area contributed by atoms with Crippen molar-refractivity contribution in [3.8, 4) is 0 Å². The van der Waals surface area contributed by atoms with E-state index in [1.165, 1.54) is 11.3 Å². The number of rotatable bonds is 4. The summed E-state index contributed by atoms with van der Waals surface area (Å²) in [6.07, 6.45) is 3.69. The zero-order valence-corrected chi connectivity index (χ0v) is 12.0. The molecule has 0 saturated heterocycles. The maximum atomic E-state index is 10.2. The summed E-state index contributed by atoms with van der Waals surface area (Å²) in [5.41, 5.74) is -0.0657. The molecule has 0 aromatic carbocycles. The summed E-state index contributed by atoms with van der Waals surface area (Å²) in [7, 11) is 1.75. The molecule has 0 spiro atoms. The highest BCUT2D eigenvalue weighted by Crippen LogP contribution is 2.43. The molecule has 16 heavy (non-hydrogen) atoms. The largest absolute Gasteiger partial charge is 0.387 e. The Kier molecular flexibility index (Phi) is 3.74. The van der Waals surface area contributed by atoms with E-state index in [-0.39, 0.29) is 5.60 Å². The molecule has 1 N–H and O–H groups in total. The molecule has 1 fully saturated rings. The van der Waals surface area contributed by atoms with Crippen LogP contribution in [0.15, 0.2) is 10.5 Å². The lowest BCUT2D eigenvalue weighted by Crippen LogP contribution is -2.40. The van der Waals surface area contributed by atoms with Gasteiger partial charge in [0.1, 0.15) is 0 Å². The molecule has 1 unspecified atom stereocenters. The van der Waals surface area contributed by atoms with E-state index in [1.807, 2.05) is 6.07 Å². The molecular weight excluding hydrogens is 288 g/mol. The van der Waals surface area contributed by atoms with E-state index in [0.29, 0.717) is 0 Å². The van der Waals surface area contributed by atoms with Gasteiger partial charge >= 0.3 is 0 Å². The van der Waals surface area contributed by atoms with Gasteiger partial charge < -0.3 is 9.84 Å². The summed E-state index contributed by atoms with van der Waals surface area (Å²) >= 11 is 5.14. The lowest BCUT2D eigenvalue weighted by molar-refractivity contribution is -0.0994. The molecule has 1 aliphatic carbocycles. The van der Waals surface area contributed by atoms with Gasteiger partial charge in [-0.25, -0.2) is 0 Å². The van der Waals surface area contributed by atoms with Gasteiger partial charge in [0.05, 0.1) is 11.7 Å². The lowest BCUT2D eigenvalue weighted by atomic mass is 9.76. The van der Waals surface area contributed by atoms with Gasteiger partial charge in [-0.15, -0.1) is 11.3 Å². The van der Waals surface area contributed by atoms with Crippen LogP contribution in [0.1, 0.15) is 41.5 Å². The van der Waals surface area contributed by atoms with Gasteiger partial charge in [-0.3, -0.25) is 0 Å². The second-order valence-corrected chi connectivity index (χ2v) is 6.66. The normalized spacial score (nSPS) is 20.5. The van der Waals surface area contributed by atoms with Crippen LogP contribution in [-0.2, 0) is 4.74 Å². The Morgan fingerprint density at radius 2 is 2.31 bits per heavy atom. The second-order valence-electron chi connectivity index (χ2n) is 4.51. The molecule has 1 aromatic heterocycles. The highest BCUT2D eigenvalue weighted by molar-refractivity contribution is 9.10. The first kappa shape index (κ1) is 12.6. The fraction of sp³-hybridized carbons (Fsp3) is 0.667. The van der Waals surface area contributed by atoms with Crippen LogP contribution in [0.3, 0.4) is 0 Å². The zero-order chi connectivity index (χ0) is 11.8. The van der Waals surface area contributed by atoms with Gasteiger partial charge in [0.25, 0.3) is 0 Å². The Morgan fingerprint density at radius 3 is 2.69 bits per heavy atom. The minimum Gasteiger partial charge on any atom is -0.387 e. The number of halogens is 1. The molecule has 0 amide bonds. The highest BCUT2D eigenvalue weighted by Gasteiger charge is 2.39. The number of hydrogen-bond donors (Lipinski definition) is 1. The van der Waals surface area contributed by atoms with E-state index in [9.17, 15) is 5.11 Å². The van der Waals surface area contributed by atoms with Crippen LogP contribution in [0.4, 0.5) is 0 Å². The van der Waals surface area contributed by atoms with Crippen LogP contribution in [0.5, 0.6) is 0 Å². The summed E-state index contributed by atoms with van der Waals surface area (Å²) in [6, 6.07) is 2.02. The molecule has 4 heteroatoms. The molecule has 0 aliphatic heterocycles. The summed E-state index contributed by atoms with van der Waals surface area (Å²) in [4.78, 5) is 2.25. The van der Waals surface area contributed by atoms with Gasteiger partial charge in [-0.1, -0.05) is 0 Å². The first-order valence-electron chi connectivity index (χ1n) is 5.55. The molecule has 1 saturated carbocycles. The Labute approximate surface area is 109 Å². The van der Waals surface area contributed by atoms with Crippen LogP contribution in [0.25, 0.3) is 0 Å². The van der Waals surface area contributed by atoms with Gasteiger partial charge in [0, 0.05) is 27.8 Å². The van der Waals surface area contributed by atoms with Crippen molar-refractivity contribution in [2.45, 2.75) is 44.3 Å². The van der Waals surface area contributed by atoms with Gasteiger partial charge in [-0.05, 0) is 48.2 Å². The molecule has 0 radical (unpaired) electrons. The van der Waals surface area contributed by atoms with E-state index in [4.69, 9.17) is 4.74 Å². The van der Waals surface area contributed by atoms with Crippen LogP contribution in [-0.4, -0.2) is 17.8 Å². The average Bonchev–Trinajstić information content (AvgIpc) is 2.53. The lowest BCUT2D eigenvalue weighted by Gasteiger charge is -2.41. The summed E-state index contributed by atoms with van der Waals surface area (Å²) in [6.45, 7) is 2.06. The molecule has 1 heterocycles. The van der Waals surface area contributed by atoms with E-state index in [2.05, 4.69) is 22.9 Å². The highest BCUT2D eigenvalue weighted by atomic mass is 79.9. The molecule has 1 aromatic rings. The third-order valence-corrected chi connectivity index (χ3v) is 5.71. The number of aliphatic hydroxyl groups is 1. The maximum absolute atomic E-state index is 10.2. The predicted molar refractivity (Wildman–Crippen MR) is 69.9 cm³/mol. The van der Waals surface area contributed by atoms with Gasteiger partial charge in [0.15, 0.2) is 0 Å². The molecule has 1 atom stereocenters. The van der Waals surface area contributed by atoms with E-state index in [1.54, 1.807) is 18.4 Å². The van der Waals surface area contributed by atoms with Crippen molar-refractivity contribution in [2.24, 2.45) is 0 Å². The number of methoxy groups -OCH3 is 1. The Morgan fingerprint density at radius 1 is 1.62 bits per heavy atom. The van der Waals surface area contributed by atoms with Crippen LogP contribution < -0.4 is 0 Å². The predicted octanol–water partition coefficient (Wildman–Crippen LogP) is 3.81. The summed E-state index contributed by atoms with van der Waals surface area (Å²) in [5, 5.41) is 10.2. The third kappa shape index (κ3) is 2.35.